The molecule has 9 heteroatoms. The van der Waals surface area contributed by atoms with Gasteiger partial charge in [-0.3, -0.25) is 9.48 Å². The highest BCUT2D eigenvalue weighted by Crippen LogP contribution is 2.25. The van der Waals surface area contributed by atoms with Crippen LogP contribution >= 0.6 is 11.3 Å². The molecule has 0 aromatic carbocycles. The number of primary amides is 1. The van der Waals surface area contributed by atoms with Gasteiger partial charge in [-0.1, -0.05) is 0 Å². The Kier molecular flexibility index (Phi) is 4.92. The van der Waals surface area contributed by atoms with Crippen molar-refractivity contribution >= 4 is 27.3 Å². The Morgan fingerprint density at radius 1 is 1.48 bits per heavy atom. The Hall–Kier alpha value is -1.71. The van der Waals surface area contributed by atoms with Crippen molar-refractivity contribution in [1.82, 2.24) is 14.5 Å². The van der Waals surface area contributed by atoms with Crippen molar-refractivity contribution in [3.05, 3.63) is 34.0 Å². The monoisotopic (exact) mass is 356 g/mol. The first-order valence-electron chi connectivity index (χ1n) is 7.12. The molecule has 23 heavy (non-hydrogen) atoms. The summed E-state index contributed by atoms with van der Waals surface area (Å²) in [6.07, 6.45) is 0. The molecule has 2 rings (SSSR count). The number of hydrogen-bond acceptors (Lipinski definition) is 5. The van der Waals surface area contributed by atoms with Crippen molar-refractivity contribution in [2.75, 3.05) is 0 Å². The maximum absolute atomic E-state index is 12.5. The topological polar surface area (TPSA) is 107 Å². The zero-order chi connectivity index (χ0) is 17.4. The number of nitrogens with two attached hydrogens (primary N) is 1. The van der Waals surface area contributed by atoms with E-state index in [1.54, 1.807) is 6.92 Å². The molecule has 2 heterocycles. The smallest absolute Gasteiger partial charge is 0.250 e. The molecule has 0 saturated heterocycles. The number of aryl methyl sites for hydroxylation is 2. The average molecular weight is 356 g/mol. The second-order valence-corrected chi connectivity index (χ2v) is 8.11. The number of carbonyl (C=O) groups excluding carboxylic acids is 1. The summed E-state index contributed by atoms with van der Waals surface area (Å²) in [4.78, 5) is 11.1. The third kappa shape index (κ3) is 3.46. The molecule has 0 bridgehead atoms. The third-order valence-electron chi connectivity index (χ3n) is 3.63. The Balaban J connectivity index is 2.29. The van der Waals surface area contributed by atoms with Crippen LogP contribution in [-0.4, -0.2) is 24.1 Å². The lowest BCUT2D eigenvalue weighted by molar-refractivity contribution is 0.100. The summed E-state index contributed by atoms with van der Waals surface area (Å²) in [5.41, 5.74) is 7.94. The fourth-order valence-electron chi connectivity index (χ4n) is 2.58. The fourth-order valence-corrected chi connectivity index (χ4v) is 4.98. The minimum absolute atomic E-state index is 0.0661. The lowest BCUT2D eigenvalue weighted by atomic mass is 10.1. The number of thiophene rings is 1. The number of sulfonamides is 1. The first-order chi connectivity index (χ1) is 10.7. The highest BCUT2D eigenvalue weighted by molar-refractivity contribution is 7.91. The molecule has 7 nitrogen and oxygen atoms in total. The van der Waals surface area contributed by atoms with Gasteiger partial charge in [0.15, 0.2) is 0 Å². The molecule has 2 aromatic rings. The second kappa shape index (κ2) is 6.42. The lowest BCUT2D eigenvalue weighted by Gasteiger charge is -2.14. The molecular formula is C14H20N4O3S2. The maximum Gasteiger partial charge on any atom is 0.250 e. The summed E-state index contributed by atoms with van der Waals surface area (Å²) in [5.74, 6) is -0.647. The van der Waals surface area contributed by atoms with Crippen LogP contribution in [0.2, 0.25) is 0 Å². The molecular weight excluding hydrogens is 336 g/mol. The van der Waals surface area contributed by atoms with E-state index in [-0.39, 0.29) is 9.77 Å². The van der Waals surface area contributed by atoms with Crippen LogP contribution in [0.1, 0.15) is 47.2 Å². The van der Waals surface area contributed by atoms with Crippen LogP contribution < -0.4 is 10.5 Å². The van der Waals surface area contributed by atoms with Crippen molar-refractivity contribution in [3.63, 3.8) is 0 Å². The predicted octanol–water partition coefficient (Wildman–Crippen LogP) is 1.72. The fraction of sp³-hybridized carbons (Fsp3) is 0.429. The van der Waals surface area contributed by atoms with Crippen molar-refractivity contribution in [1.29, 1.82) is 0 Å². The van der Waals surface area contributed by atoms with Crippen LogP contribution in [0, 0.1) is 13.8 Å². The van der Waals surface area contributed by atoms with Gasteiger partial charge in [0, 0.05) is 29.2 Å². The molecule has 1 amide bonds. The number of rotatable bonds is 6. The van der Waals surface area contributed by atoms with E-state index in [2.05, 4.69) is 9.82 Å². The van der Waals surface area contributed by atoms with E-state index in [1.165, 1.54) is 11.4 Å². The number of nitrogens with one attached hydrogen (secondary N) is 1. The Bertz CT molecular complexity index is 836. The molecule has 2 aromatic heterocycles. The van der Waals surface area contributed by atoms with E-state index in [0.717, 1.165) is 34.8 Å². The number of nitrogens with zero attached hydrogens (tertiary/aromatic N) is 2. The molecule has 0 unspecified atom stereocenters. The van der Waals surface area contributed by atoms with E-state index in [9.17, 15) is 13.2 Å². The summed E-state index contributed by atoms with van der Waals surface area (Å²) in [6.45, 7) is 8.25. The largest absolute Gasteiger partial charge is 0.366 e. The quantitative estimate of drug-likeness (QED) is 0.821. The van der Waals surface area contributed by atoms with Crippen molar-refractivity contribution in [3.8, 4) is 0 Å². The summed E-state index contributed by atoms with van der Waals surface area (Å²) < 4.78 is 29.5. The van der Waals surface area contributed by atoms with Gasteiger partial charge in [-0.05, 0) is 33.8 Å². The Labute approximate surface area is 139 Å². The summed E-state index contributed by atoms with van der Waals surface area (Å²) in [7, 11) is -3.73. The van der Waals surface area contributed by atoms with Crippen LogP contribution in [0.5, 0.6) is 0 Å². The average Bonchev–Trinajstić information content (AvgIpc) is 3.03. The number of amides is 1. The van der Waals surface area contributed by atoms with Crippen molar-refractivity contribution < 1.29 is 13.2 Å². The highest BCUT2D eigenvalue weighted by Gasteiger charge is 2.24. The van der Waals surface area contributed by atoms with E-state index >= 15 is 0 Å². The summed E-state index contributed by atoms with van der Waals surface area (Å²) in [5, 5.41) is 5.84. The van der Waals surface area contributed by atoms with Gasteiger partial charge in [0.25, 0.3) is 10.0 Å². The number of carbonyl (C=O) groups is 1. The van der Waals surface area contributed by atoms with Gasteiger partial charge in [-0.2, -0.15) is 5.10 Å². The minimum Gasteiger partial charge on any atom is -0.366 e. The van der Waals surface area contributed by atoms with Gasteiger partial charge < -0.3 is 5.73 Å². The first-order valence-corrected chi connectivity index (χ1v) is 9.48. The molecule has 0 aliphatic heterocycles. The summed E-state index contributed by atoms with van der Waals surface area (Å²) >= 11 is 0.968. The third-order valence-corrected chi connectivity index (χ3v) is 6.61. The highest BCUT2D eigenvalue weighted by atomic mass is 32.2. The molecule has 126 valence electrons. The Morgan fingerprint density at radius 3 is 2.61 bits per heavy atom. The van der Waals surface area contributed by atoms with Gasteiger partial charge in [0.2, 0.25) is 5.91 Å². The van der Waals surface area contributed by atoms with Crippen LogP contribution in [0.4, 0.5) is 0 Å². The molecule has 0 spiro atoms. The van der Waals surface area contributed by atoms with E-state index in [1.807, 2.05) is 25.5 Å². The zero-order valence-electron chi connectivity index (χ0n) is 13.5. The van der Waals surface area contributed by atoms with Gasteiger partial charge in [-0.25, -0.2) is 13.1 Å². The molecule has 0 fully saturated rings. The normalized spacial score (nSPS) is 13.2. The number of hydrogen-bond donors (Lipinski definition) is 2. The predicted molar refractivity (Wildman–Crippen MR) is 88.9 cm³/mol. The second-order valence-electron chi connectivity index (χ2n) is 5.26. The SMILES string of the molecule is CCn1nc(C)c([C@H](C)NS(=O)(=O)c2cc(C(N)=O)cs2)c1C. The molecule has 3 N–H and O–H groups in total. The summed E-state index contributed by atoms with van der Waals surface area (Å²) in [6, 6.07) is 0.858. The van der Waals surface area contributed by atoms with Gasteiger partial charge in [-0.15, -0.1) is 11.3 Å². The van der Waals surface area contributed by atoms with Gasteiger partial charge >= 0.3 is 0 Å². The molecule has 1 atom stereocenters. The van der Waals surface area contributed by atoms with Crippen molar-refractivity contribution in [2.45, 2.75) is 44.5 Å². The standard InChI is InChI=1S/C14H20N4O3S2/c1-5-18-10(4)13(8(2)16-18)9(3)17-23(20,21)12-6-11(7-22-12)14(15)19/h6-7,9,17H,5H2,1-4H3,(H2,15,19)/t9-/m0/s1. The minimum atomic E-state index is -3.73. The first kappa shape index (κ1) is 17.6. The van der Waals surface area contributed by atoms with E-state index in [0.29, 0.717) is 0 Å². The molecule has 0 radical (unpaired) electrons. The van der Waals surface area contributed by atoms with Gasteiger partial charge in [0.1, 0.15) is 4.21 Å². The van der Waals surface area contributed by atoms with Crippen LogP contribution in [0.25, 0.3) is 0 Å². The van der Waals surface area contributed by atoms with Crippen LogP contribution in [-0.2, 0) is 16.6 Å². The lowest BCUT2D eigenvalue weighted by Crippen LogP contribution is -2.27. The van der Waals surface area contributed by atoms with Crippen LogP contribution in [0.3, 0.4) is 0 Å². The molecule has 0 aliphatic rings. The molecule has 0 aliphatic carbocycles. The van der Waals surface area contributed by atoms with Crippen LogP contribution in [0.15, 0.2) is 15.7 Å². The number of aromatic nitrogens is 2. The Morgan fingerprint density at radius 2 is 2.13 bits per heavy atom. The maximum atomic E-state index is 12.5. The molecule has 0 saturated carbocycles. The zero-order valence-corrected chi connectivity index (χ0v) is 15.1. The van der Waals surface area contributed by atoms with Crippen molar-refractivity contribution in [2.24, 2.45) is 5.73 Å². The van der Waals surface area contributed by atoms with E-state index in [4.69, 9.17) is 5.73 Å². The van der Waals surface area contributed by atoms with E-state index < -0.39 is 22.0 Å². The van der Waals surface area contributed by atoms with Gasteiger partial charge in [0.05, 0.1) is 11.3 Å².